The van der Waals surface area contributed by atoms with Crippen LogP contribution in [0.3, 0.4) is 0 Å². The summed E-state index contributed by atoms with van der Waals surface area (Å²) in [6.45, 7) is 0. The molecule has 0 bridgehead atoms. The lowest BCUT2D eigenvalue weighted by Gasteiger charge is -2.16. The van der Waals surface area contributed by atoms with Gasteiger partial charge in [0.25, 0.3) is 0 Å². The number of nitrogens with one attached hydrogen (secondary N) is 1. The number of nitrogens with zero attached hydrogens (tertiary/aromatic N) is 1. The van der Waals surface area contributed by atoms with E-state index in [4.69, 9.17) is 4.84 Å². The van der Waals surface area contributed by atoms with Gasteiger partial charge in [-0.05, 0) is 12.2 Å². The molecule has 0 aromatic heterocycles. The molecule has 0 fully saturated rings. The van der Waals surface area contributed by atoms with Crippen molar-refractivity contribution in [1.29, 1.82) is 0 Å². The van der Waals surface area contributed by atoms with Crippen LogP contribution in [-0.4, -0.2) is 12.3 Å². The molecule has 0 aromatic rings. The highest BCUT2D eigenvalue weighted by molar-refractivity contribution is 4.99. The fourth-order valence-corrected chi connectivity index (χ4v) is 0.412. The molecule has 0 unspecified atom stereocenters. The lowest BCUT2D eigenvalue weighted by molar-refractivity contribution is -0.127. The summed E-state index contributed by atoms with van der Waals surface area (Å²) in [7, 11) is 1.56. The highest BCUT2D eigenvalue weighted by Gasteiger charge is 1.92. The van der Waals surface area contributed by atoms with Gasteiger partial charge >= 0.3 is 0 Å². The third-order valence-electron chi connectivity index (χ3n) is 0.759. The van der Waals surface area contributed by atoms with Gasteiger partial charge < -0.3 is 0 Å². The van der Waals surface area contributed by atoms with Crippen molar-refractivity contribution in [1.82, 2.24) is 10.6 Å². The Labute approximate surface area is 48.2 Å². The van der Waals surface area contributed by atoms with Crippen LogP contribution >= 0.6 is 0 Å². The molecule has 0 saturated carbocycles. The van der Waals surface area contributed by atoms with Crippen molar-refractivity contribution in [3.8, 4) is 0 Å². The van der Waals surface area contributed by atoms with E-state index < -0.39 is 0 Å². The Hall–Kier alpha value is -0.960. The molecule has 0 saturated heterocycles. The van der Waals surface area contributed by atoms with Gasteiger partial charge in [-0.1, -0.05) is 0 Å². The van der Waals surface area contributed by atoms with Crippen LogP contribution in [-0.2, 0) is 4.84 Å². The van der Waals surface area contributed by atoms with Gasteiger partial charge in [0.1, 0.15) is 6.20 Å². The zero-order chi connectivity index (χ0) is 5.82. The number of allylic oxidation sites excluding steroid dienone is 2. The molecule has 1 aliphatic rings. The largest absolute Gasteiger partial charge is 0.282 e. The second kappa shape index (κ2) is 2.37. The molecule has 1 N–H and O–H groups in total. The highest BCUT2D eigenvalue weighted by Crippen LogP contribution is 1.88. The molecule has 0 atom stereocenters. The van der Waals surface area contributed by atoms with E-state index in [0.29, 0.717) is 0 Å². The van der Waals surface area contributed by atoms with E-state index >= 15 is 0 Å². The van der Waals surface area contributed by atoms with Crippen molar-refractivity contribution < 1.29 is 4.84 Å². The van der Waals surface area contributed by atoms with Crippen molar-refractivity contribution >= 4 is 0 Å². The van der Waals surface area contributed by atoms with E-state index in [9.17, 15) is 0 Å². The molecular formula is C5H7N2O. The Morgan fingerprint density at radius 3 is 3.00 bits per heavy atom. The molecule has 3 heteroatoms. The normalized spacial score (nSPS) is 16.4. The summed E-state index contributed by atoms with van der Waals surface area (Å²) < 4.78 is 0. The third-order valence-corrected chi connectivity index (χ3v) is 0.759. The summed E-state index contributed by atoms with van der Waals surface area (Å²) in [5.74, 6) is 0. The highest BCUT2D eigenvalue weighted by atomic mass is 16.7. The summed E-state index contributed by atoms with van der Waals surface area (Å²) >= 11 is 0. The maximum Gasteiger partial charge on any atom is 0.116 e. The van der Waals surface area contributed by atoms with Crippen molar-refractivity contribution in [2.24, 2.45) is 0 Å². The number of hydroxylamine groups is 1. The first kappa shape index (κ1) is 5.18. The van der Waals surface area contributed by atoms with Crippen LogP contribution in [0.2, 0.25) is 0 Å². The molecule has 43 valence electrons. The summed E-state index contributed by atoms with van der Waals surface area (Å²) in [6.07, 6.45) is 8.09. The molecule has 0 amide bonds. The predicted molar refractivity (Wildman–Crippen MR) is 28.9 cm³/mol. The van der Waals surface area contributed by atoms with Gasteiger partial charge in [0.05, 0.1) is 7.11 Å². The van der Waals surface area contributed by atoms with Gasteiger partial charge in [-0.25, -0.2) is 0 Å². The second-order valence-corrected chi connectivity index (χ2v) is 1.26. The Bertz CT molecular complexity index is 120. The summed E-state index contributed by atoms with van der Waals surface area (Å²) in [4.78, 5) is 4.72. The molecule has 0 aromatic carbocycles. The average molecular weight is 111 g/mol. The first-order chi connectivity index (χ1) is 3.93. The van der Waals surface area contributed by atoms with E-state index in [0.717, 1.165) is 0 Å². The van der Waals surface area contributed by atoms with Crippen molar-refractivity contribution in [2.45, 2.75) is 0 Å². The second-order valence-electron chi connectivity index (χ2n) is 1.26. The lowest BCUT2D eigenvalue weighted by Crippen LogP contribution is -2.29. The quantitative estimate of drug-likeness (QED) is 0.523. The molecule has 3 nitrogen and oxygen atoms in total. The molecule has 0 aliphatic carbocycles. The minimum absolute atomic E-state index is 1.38. The number of hydrogen-bond donors (Lipinski definition) is 1. The fourth-order valence-electron chi connectivity index (χ4n) is 0.412. The van der Waals surface area contributed by atoms with Crippen molar-refractivity contribution in [2.75, 3.05) is 7.11 Å². The molecule has 1 rings (SSSR count). The van der Waals surface area contributed by atoms with Gasteiger partial charge in [0.15, 0.2) is 0 Å². The van der Waals surface area contributed by atoms with Crippen LogP contribution in [0.5, 0.6) is 0 Å². The van der Waals surface area contributed by atoms with Gasteiger partial charge in [-0.2, -0.15) is 5.17 Å². The molecular weight excluding hydrogens is 104 g/mol. The minimum atomic E-state index is 1.38. The topological polar surface area (TPSA) is 24.5 Å². The fraction of sp³-hybridized carbons (Fsp3) is 0.200. The van der Waals surface area contributed by atoms with Crippen molar-refractivity contribution in [3.63, 3.8) is 0 Å². The molecule has 1 radical (unpaired) electrons. The van der Waals surface area contributed by atoms with E-state index in [-0.39, 0.29) is 0 Å². The maximum absolute atomic E-state index is 4.72. The first-order valence-electron chi connectivity index (χ1n) is 2.28. The van der Waals surface area contributed by atoms with Crippen LogP contribution in [0.4, 0.5) is 0 Å². The summed E-state index contributed by atoms with van der Waals surface area (Å²) in [5.41, 5.74) is 2.76. The zero-order valence-corrected chi connectivity index (χ0v) is 4.59. The first-order valence-corrected chi connectivity index (χ1v) is 2.28. The monoisotopic (exact) mass is 111 g/mol. The summed E-state index contributed by atoms with van der Waals surface area (Å²) in [6, 6.07) is 0. The van der Waals surface area contributed by atoms with Gasteiger partial charge in [-0.3, -0.25) is 10.3 Å². The Kier molecular flexibility index (Phi) is 1.54. The maximum atomic E-state index is 4.72. The van der Waals surface area contributed by atoms with Crippen LogP contribution < -0.4 is 5.43 Å². The van der Waals surface area contributed by atoms with E-state index in [1.165, 1.54) is 5.17 Å². The van der Waals surface area contributed by atoms with Gasteiger partial charge in [0, 0.05) is 6.20 Å². The summed E-state index contributed by atoms with van der Waals surface area (Å²) in [5, 5.41) is 1.38. The Balaban J connectivity index is 2.40. The van der Waals surface area contributed by atoms with Crippen LogP contribution in [0.1, 0.15) is 0 Å². The number of rotatable bonds is 1. The van der Waals surface area contributed by atoms with Crippen LogP contribution in [0.15, 0.2) is 18.4 Å². The minimum Gasteiger partial charge on any atom is -0.282 e. The van der Waals surface area contributed by atoms with Crippen molar-refractivity contribution in [3.05, 3.63) is 24.6 Å². The SMILES string of the molecule is CON1[C]=CC=CN1. The predicted octanol–water partition coefficient (Wildman–Crippen LogP) is 0.199. The standard InChI is InChI=1S/C5H7N2O/c1-8-7-5-3-2-4-6-7/h2-4,6H,1H3. The van der Waals surface area contributed by atoms with E-state index in [2.05, 4.69) is 11.6 Å². The number of hydrogen-bond acceptors (Lipinski definition) is 3. The Morgan fingerprint density at radius 1 is 1.75 bits per heavy atom. The van der Waals surface area contributed by atoms with E-state index in [1.807, 2.05) is 6.08 Å². The molecule has 1 heterocycles. The molecule has 0 spiro atoms. The van der Waals surface area contributed by atoms with Gasteiger partial charge in [-0.15, -0.1) is 0 Å². The molecule has 8 heavy (non-hydrogen) atoms. The molecule has 1 aliphatic heterocycles. The van der Waals surface area contributed by atoms with Gasteiger partial charge in [0.2, 0.25) is 0 Å². The van der Waals surface area contributed by atoms with Crippen LogP contribution in [0.25, 0.3) is 0 Å². The average Bonchev–Trinajstić information content (AvgIpc) is 1.90. The lowest BCUT2D eigenvalue weighted by atomic mass is 10.5. The smallest absolute Gasteiger partial charge is 0.116 e. The van der Waals surface area contributed by atoms with Crippen LogP contribution in [0, 0.1) is 6.20 Å². The Morgan fingerprint density at radius 2 is 2.62 bits per heavy atom. The number of hydrazine groups is 1. The van der Waals surface area contributed by atoms with E-state index in [1.54, 1.807) is 19.4 Å². The zero-order valence-electron chi connectivity index (χ0n) is 4.59. The third kappa shape index (κ3) is 1.01.